The number of ether oxygens (including phenoxy) is 1. The van der Waals surface area contributed by atoms with E-state index in [0.29, 0.717) is 30.6 Å². The molecule has 1 aliphatic heterocycles. The van der Waals surface area contributed by atoms with Crippen LogP contribution in [-0.4, -0.2) is 36.4 Å². The molecule has 0 aliphatic carbocycles. The molecule has 7 heteroatoms. The number of alkyl halides is 3. The summed E-state index contributed by atoms with van der Waals surface area (Å²) in [5.41, 5.74) is 0.920. The van der Waals surface area contributed by atoms with E-state index in [0.717, 1.165) is 37.3 Å². The Morgan fingerprint density at radius 2 is 1.63 bits per heavy atom. The van der Waals surface area contributed by atoms with Crippen molar-refractivity contribution in [3.05, 3.63) is 101 Å². The topological polar surface area (TPSA) is 29.5 Å². The molecule has 0 saturated carbocycles. The molecule has 3 aromatic rings. The van der Waals surface area contributed by atoms with Crippen molar-refractivity contribution in [3.8, 4) is 5.75 Å². The van der Waals surface area contributed by atoms with Gasteiger partial charge in [-0.25, -0.2) is 4.39 Å². The van der Waals surface area contributed by atoms with E-state index in [1.165, 1.54) is 36.4 Å². The van der Waals surface area contributed by atoms with Gasteiger partial charge in [0.25, 0.3) is 0 Å². The molecule has 0 spiro atoms. The lowest BCUT2D eigenvalue weighted by atomic mass is 9.87. The van der Waals surface area contributed by atoms with Crippen molar-refractivity contribution in [2.75, 3.05) is 19.6 Å². The average Bonchev–Trinajstić information content (AvgIpc) is 2.85. The summed E-state index contributed by atoms with van der Waals surface area (Å²) in [5, 5.41) is 0. The zero-order valence-electron chi connectivity index (χ0n) is 19.2. The van der Waals surface area contributed by atoms with Gasteiger partial charge in [-0.3, -0.25) is 4.79 Å². The van der Waals surface area contributed by atoms with Crippen LogP contribution in [0, 0.1) is 5.82 Å². The third kappa shape index (κ3) is 6.69. The number of hydrogen-bond donors (Lipinski definition) is 0. The fourth-order valence-corrected chi connectivity index (χ4v) is 4.50. The number of likely N-dealkylation sites (tertiary alicyclic amines) is 1. The van der Waals surface area contributed by atoms with Crippen LogP contribution in [0.15, 0.2) is 78.9 Å². The van der Waals surface area contributed by atoms with Gasteiger partial charge in [-0.05, 0) is 73.5 Å². The van der Waals surface area contributed by atoms with Crippen LogP contribution in [-0.2, 0) is 6.18 Å². The van der Waals surface area contributed by atoms with E-state index in [4.69, 9.17) is 4.74 Å². The number of carbonyl (C=O) groups is 1. The van der Waals surface area contributed by atoms with E-state index in [-0.39, 0.29) is 23.6 Å². The van der Waals surface area contributed by atoms with Crippen LogP contribution in [0.2, 0.25) is 0 Å². The maximum atomic E-state index is 13.1. The summed E-state index contributed by atoms with van der Waals surface area (Å²) >= 11 is 0. The highest BCUT2D eigenvalue weighted by atomic mass is 19.4. The van der Waals surface area contributed by atoms with Crippen LogP contribution < -0.4 is 4.74 Å². The molecule has 4 rings (SSSR count). The Bertz CT molecular complexity index is 1100. The highest BCUT2D eigenvalue weighted by Gasteiger charge is 2.33. The number of rotatable bonds is 8. The summed E-state index contributed by atoms with van der Waals surface area (Å²) in [4.78, 5) is 14.7. The van der Waals surface area contributed by atoms with Crippen LogP contribution in [0.4, 0.5) is 17.6 Å². The minimum atomic E-state index is -4.38. The maximum Gasteiger partial charge on any atom is 0.416 e. The molecule has 1 saturated heterocycles. The van der Waals surface area contributed by atoms with Crippen molar-refractivity contribution < 1.29 is 27.1 Å². The molecule has 0 aromatic heterocycles. The zero-order valence-corrected chi connectivity index (χ0v) is 19.2. The summed E-state index contributed by atoms with van der Waals surface area (Å²) < 4.78 is 57.9. The minimum Gasteiger partial charge on any atom is -0.490 e. The zero-order chi connectivity index (χ0) is 24.8. The van der Waals surface area contributed by atoms with E-state index in [1.54, 1.807) is 0 Å². The highest BCUT2D eigenvalue weighted by Crippen LogP contribution is 2.33. The van der Waals surface area contributed by atoms with Gasteiger partial charge in [0, 0.05) is 31.0 Å². The van der Waals surface area contributed by atoms with E-state index in [1.807, 2.05) is 30.3 Å². The standard InChI is InChI=1S/C28H27F4NO2/c29-23-12-8-21(9-13-23)26(34)7-4-17-33-18-16-27(25(19-33)20-5-2-1-3-6-20)35-24-14-10-22(11-15-24)28(30,31)32/h1-3,5-6,8-15,25,27H,4,7,16-19H2/t25-,27+/m0/s1. The molecule has 1 aliphatic rings. The van der Waals surface area contributed by atoms with Crippen LogP contribution >= 0.6 is 0 Å². The second-order valence-electron chi connectivity index (χ2n) is 8.82. The van der Waals surface area contributed by atoms with E-state index in [2.05, 4.69) is 4.90 Å². The summed E-state index contributed by atoms with van der Waals surface area (Å²) in [7, 11) is 0. The third-order valence-electron chi connectivity index (χ3n) is 6.37. The van der Waals surface area contributed by atoms with Gasteiger partial charge in [0.05, 0.1) is 5.56 Å². The number of carbonyl (C=O) groups excluding carboxylic acids is 1. The van der Waals surface area contributed by atoms with Gasteiger partial charge in [0.15, 0.2) is 5.78 Å². The van der Waals surface area contributed by atoms with Crippen LogP contribution in [0.3, 0.4) is 0 Å². The first-order valence-electron chi connectivity index (χ1n) is 11.7. The smallest absolute Gasteiger partial charge is 0.416 e. The van der Waals surface area contributed by atoms with Crippen molar-refractivity contribution in [1.29, 1.82) is 0 Å². The van der Waals surface area contributed by atoms with Gasteiger partial charge in [0.2, 0.25) is 0 Å². The molecule has 0 amide bonds. The van der Waals surface area contributed by atoms with Gasteiger partial charge in [0.1, 0.15) is 17.7 Å². The van der Waals surface area contributed by atoms with Crippen LogP contribution in [0.1, 0.15) is 46.7 Å². The van der Waals surface area contributed by atoms with E-state index < -0.39 is 11.7 Å². The van der Waals surface area contributed by atoms with E-state index >= 15 is 0 Å². The Kier molecular flexibility index (Phi) is 7.86. The quantitative estimate of drug-likeness (QED) is 0.261. The first-order chi connectivity index (χ1) is 16.8. The van der Waals surface area contributed by atoms with Crippen molar-refractivity contribution in [2.45, 2.75) is 37.5 Å². The Morgan fingerprint density at radius 3 is 2.29 bits per heavy atom. The highest BCUT2D eigenvalue weighted by molar-refractivity contribution is 5.95. The van der Waals surface area contributed by atoms with Gasteiger partial charge in [-0.15, -0.1) is 0 Å². The second-order valence-corrected chi connectivity index (χ2v) is 8.82. The number of hydrogen-bond acceptors (Lipinski definition) is 3. The molecule has 1 fully saturated rings. The summed E-state index contributed by atoms with van der Waals surface area (Å²) in [5.74, 6) is 0.0855. The Morgan fingerprint density at radius 1 is 0.943 bits per heavy atom. The molecule has 184 valence electrons. The number of ketones is 1. The molecule has 3 nitrogen and oxygen atoms in total. The van der Waals surface area contributed by atoms with Gasteiger partial charge in [-0.1, -0.05) is 30.3 Å². The molecule has 3 aromatic carbocycles. The molecule has 2 atom stereocenters. The van der Waals surface area contributed by atoms with Gasteiger partial charge in [-0.2, -0.15) is 13.2 Å². The molecular weight excluding hydrogens is 458 g/mol. The normalized spacial score (nSPS) is 18.9. The molecule has 1 heterocycles. The van der Waals surface area contributed by atoms with Crippen molar-refractivity contribution in [2.24, 2.45) is 0 Å². The third-order valence-corrected chi connectivity index (χ3v) is 6.37. The molecule has 0 bridgehead atoms. The maximum absolute atomic E-state index is 13.1. The lowest BCUT2D eigenvalue weighted by Gasteiger charge is -2.39. The van der Waals surface area contributed by atoms with E-state index in [9.17, 15) is 22.4 Å². The lowest BCUT2D eigenvalue weighted by molar-refractivity contribution is -0.137. The predicted octanol–water partition coefficient (Wildman–Crippen LogP) is 6.74. The predicted molar refractivity (Wildman–Crippen MR) is 126 cm³/mol. The molecule has 0 N–H and O–H groups in total. The fraction of sp³-hybridized carbons (Fsp3) is 0.321. The van der Waals surface area contributed by atoms with Crippen molar-refractivity contribution >= 4 is 5.78 Å². The Balaban J connectivity index is 1.38. The number of halogens is 4. The minimum absolute atomic E-state index is 0.00914. The van der Waals surface area contributed by atoms with Crippen molar-refractivity contribution in [1.82, 2.24) is 4.90 Å². The Hall–Kier alpha value is -3.19. The number of Topliss-reactive ketones (excluding diaryl/α,β-unsaturated/α-hetero) is 1. The summed E-state index contributed by atoms with van der Waals surface area (Å²) in [6, 6.07) is 20.4. The molecular formula is C28H27F4NO2. The summed E-state index contributed by atoms with van der Waals surface area (Å²) in [6.45, 7) is 2.22. The van der Waals surface area contributed by atoms with Gasteiger partial charge < -0.3 is 9.64 Å². The fourth-order valence-electron chi connectivity index (χ4n) is 4.50. The van der Waals surface area contributed by atoms with Crippen LogP contribution in [0.5, 0.6) is 5.75 Å². The lowest BCUT2D eigenvalue weighted by Crippen LogP contribution is -2.44. The average molecular weight is 486 g/mol. The first kappa shape index (κ1) is 24.9. The summed E-state index contributed by atoms with van der Waals surface area (Å²) in [6.07, 6.45) is -2.78. The second kappa shape index (κ2) is 11.0. The monoisotopic (exact) mass is 485 g/mol. The van der Waals surface area contributed by atoms with Crippen molar-refractivity contribution in [3.63, 3.8) is 0 Å². The largest absolute Gasteiger partial charge is 0.490 e. The number of benzene rings is 3. The van der Waals surface area contributed by atoms with Gasteiger partial charge >= 0.3 is 6.18 Å². The first-order valence-corrected chi connectivity index (χ1v) is 11.7. The molecule has 0 radical (unpaired) electrons. The Labute approximate surface area is 202 Å². The molecule has 0 unspecified atom stereocenters. The number of piperidine rings is 1. The van der Waals surface area contributed by atoms with Crippen LogP contribution in [0.25, 0.3) is 0 Å². The number of nitrogens with zero attached hydrogens (tertiary/aromatic N) is 1. The SMILES string of the molecule is O=C(CCCN1CC[C@@H](Oc2ccc(C(F)(F)F)cc2)[C@H](c2ccccc2)C1)c1ccc(F)cc1. The molecule has 35 heavy (non-hydrogen) atoms.